The Morgan fingerprint density at radius 1 is 0.607 bits per heavy atom. The van der Waals surface area contributed by atoms with Crippen LogP contribution in [0, 0.1) is 0 Å². The maximum absolute atomic E-state index is 12.8. The number of nitrogens with one attached hydrogen (secondary N) is 1. The van der Waals surface area contributed by atoms with Crippen LogP contribution in [-0.2, 0) is 18.4 Å². The van der Waals surface area contributed by atoms with Crippen LogP contribution in [-0.4, -0.2) is 68.5 Å². The zero-order valence-corrected chi connectivity index (χ0v) is 38.2. The standard InChI is InChI=1S/C47H91N2O6P/c1-6-8-10-12-14-16-18-20-21-22-23-24-25-26-27-28-29-30-32-34-36-38-40-46(50)45(44-55-56(52,53)54-43-42-49(3,4)5)48-47(51)41-39-37-35-33-31-19-17-15-13-11-9-7-2/h15,17,30,32,38,40,45-46,50H,6-14,16,18-29,31,33-37,39,41-44H2,1-5H3,(H-,48,51,52,53)/b17-15-,32-30+,40-38+. The smallest absolute Gasteiger partial charge is 0.268 e. The van der Waals surface area contributed by atoms with Gasteiger partial charge in [0.25, 0.3) is 7.82 Å². The van der Waals surface area contributed by atoms with Gasteiger partial charge in [0.1, 0.15) is 13.2 Å². The monoisotopic (exact) mass is 811 g/mol. The molecule has 3 unspecified atom stereocenters. The van der Waals surface area contributed by atoms with Crippen LogP contribution in [0.4, 0.5) is 0 Å². The first-order chi connectivity index (χ1) is 27.0. The first kappa shape index (κ1) is 54.7. The van der Waals surface area contributed by atoms with Crippen LogP contribution >= 0.6 is 7.82 Å². The van der Waals surface area contributed by atoms with Crippen LogP contribution < -0.4 is 10.2 Å². The van der Waals surface area contributed by atoms with E-state index in [0.29, 0.717) is 17.4 Å². The normalized spacial score (nSPS) is 14.6. The fraction of sp³-hybridized carbons (Fsp3) is 0.851. The van der Waals surface area contributed by atoms with Crippen LogP contribution in [0.5, 0.6) is 0 Å². The predicted molar refractivity (Wildman–Crippen MR) is 238 cm³/mol. The third kappa shape index (κ3) is 40.9. The van der Waals surface area contributed by atoms with Gasteiger partial charge in [-0.15, -0.1) is 0 Å². The van der Waals surface area contributed by atoms with Crippen molar-refractivity contribution in [3.63, 3.8) is 0 Å². The number of aliphatic hydroxyl groups is 1. The van der Waals surface area contributed by atoms with E-state index in [1.54, 1.807) is 6.08 Å². The van der Waals surface area contributed by atoms with E-state index in [2.05, 4.69) is 43.5 Å². The first-order valence-electron chi connectivity index (χ1n) is 23.4. The number of carbonyl (C=O) groups excluding carboxylic acids is 1. The van der Waals surface area contributed by atoms with E-state index in [1.807, 2.05) is 27.2 Å². The molecule has 56 heavy (non-hydrogen) atoms. The average Bonchev–Trinajstić information content (AvgIpc) is 3.15. The Bertz CT molecular complexity index is 1010. The summed E-state index contributed by atoms with van der Waals surface area (Å²) in [6.07, 6.45) is 47.7. The summed E-state index contributed by atoms with van der Waals surface area (Å²) in [5.41, 5.74) is 0. The summed E-state index contributed by atoms with van der Waals surface area (Å²) in [5.74, 6) is -0.218. The van der Waals surface area contributed by atoms with Gasteiger partial charge in [-0.3, -0.25) is 9.36 Å². The van der Waals surface area contributed by atoms with Gasteiger partial charge in [0.05, 0.1) is 39.9 Å². The number of quaternary nitrogens is 1. The Morgan fingerprint density at radius 3 is 1.48 bits per heavy atom. The third-order valence-electron chi connectivity index (χ3n) is 10.3. The van der Waals surface area contributed by atoms with Crippen molar-refractivity contribution in [1.82, 2.24) is 5.32 Å². The molecule has 0 saturated heterocycles. The summed E-state index contributed by atoms with van der Waals surface area (Å²) in [6, 6.07) is -0.905. The van der Waals surface area contributed by atoms with Gasteiger partial charge in [0, 0.05) is 6.42 Å². The molecule has 0 radical (unpaired) electrons. The van der Waals surface area contributed by atoms with Gasteiger partial charge >= 0.3 is 0 Å². The van der Waals surface area contributed by atoms with Crippen LogP contribution in [0.1, 0.15) is 206 Å². The summed E-state index contributed by atoms with van der Waals surface area (Å²) < 4.78 is 23.2. The number of likely N-dealkylation sites (N-methyl/N-ethyl adjacent to an activating group) is 1. The second kappa shape index (κ2) is 39.2. The number of rotatable bonds is 42. The average molecular weight is 811 g/mol. The molecule has 0 rings (SSSR count). The minimum absolute atomic E-state index is 0.00794. The number of unbranched alkanes of at least 4 members (excludes halogenated alkanes) is 25. The van der Waals surface area contributed by atoms with Crippen molar-refractivity contribution in [3.05, 3.63) is 36.5 Å². The van der Waals surface area contributed by atoms with Crippen molar-refractivity contribution in [3.8, 4) is 0 Å². The van der Waals surface area contributed by atoms with E-state index < -0.39 is 26.6 Å². The van der Waals surface area contributed by atoms with Crippen molar-refractivity contribution in [2.75, 3.05) is 40.9 Å². The van der Waals surface area contributed by atoms with E-state index in [1.165, 1.54) is 128 Å². The number of phosphoric ester groups is 1. The molecule has 2 N–H and O–H groups in total. The van der Waals surface area contributed by atoms with E-state index in [-0.39, 0.29) is 12.5 Å². The molecule has 0 fully saturated rings. The van der Waals surface area contributed by atoms with Gasteiger partial charge in [-0.05, 0) is 57.8 Å². The Balaban J connectivity index is 4.38. The highest BCUT2D eigenvalue weighted by Gasteiger charge is 2.23. The lowest BCUT2D eigenvalue weighted by Crippen LogP contribution is -2.45. The summed E-state index contributed by atoms with van der Waals surface area (Å²) in [4.78, 5) is 25.3. The first-order valence-corrected chi connectivity index (χ1v) is 24.8. The highest BCUT2D eigenvalue weighted by Crippen LogP contribution is 2.38. The number of aliphatic hydroxyl groups excluding tert-OH is 1. The molecule has 0 aliphatic rings. The molecule has 330 valence electrons. The van der Waals surface area contributed by atoms with E-state index in [0.717, 1.165) is 57.8 Å². The quantitative estimate of drug-likeness (QED) is 0.0275. The zero-order valence-electron chi connectivity index (χ0n) is 37.3. The maximum atomic E-state index is 12.8. The molecular weight excluding hydrogens is 719 g/mol. The molecular formula is C47H91N2O6P. The molecule has 0 aromatic carbocycles. The summed E-state index contributed by atoms with van der Waals surface area (Å²) in [6.45, 7) is 4.59. The number of phosphoric acid groups is 1. The minimum Gasteiger partial charge on any atom is -0.756 e. The summed E-state index contributed by atoms with van der Waals surface area (Å²) in [5, 5.41) is 13.8. The van der Waals surface area contributed by atoms with Gasteiger partial charge < -0.3 is 28.8 Å². The molecule has 8 nitrogen and oxygen atoms in total. The van der Waals surface area contributed by atoms with Gasteiger partial charge in [-0.1, -0.05) is 179 Å². The highest BCUT2D eigenvalue weighted by atomic mass is 31.2. The lowest BCUT2D eigenvalue weighted by molar-refractivity contribution is -0.870. The third-order valence-corrected chi connectivity index (χ3v) is 11.3. The number of hydrogen-bond acceptors (Lipinski definition) is 6. The molecule has 0 aliphatic carbocycles. The van der Waals surface area contributed by atoms with Crippen LogP contribution in [0.2, 0.25) is 0 Å². The highest BCUT2D eigenvalue weighted by molar-refractivity contribution is 7.45. The molecule has 0 aliphatic heterocycles. The summed E-state index contributed by atoms with van der Waals surface area (Å²) in [7, 11) is 1.24. The number of nitrogens with zero attached hydrogens (tertiary/aromatic N) is 1. The molecule has 9 heteroatoms. The Labute approximate surface area is 347 Å². The molecule has 0 aromatic rings. The van der Waals surface area contributed by atoms with Crippen LogP contribution in [0.3, 0.4) is 0 Å². The topological polar surface area (TPSA) is 108 Å². The molecule has 0 saturated carbocycles. The van der Waals surface area contributed by atoms with E-state index in [9.17, 15) is 19.4 Å². The van der Waals surface area contributed by atoms with Gasteiger partial charge in [0.2, 0.25) is 5.91 Å². The van der Waals surface area contributed by atoms with E-state index in [4.69, 9.17) is 9.05 Å². The predicted octanol–water partition coefficient (Wildman–Crippen LogP) is 12.5. The maximum Gasteiger partial charge on any atom is 0.268 e. The Hall–Kier alpha value is -1.28. The number of allylic oxidation sites excluding steroid dienone is 5. The van der Waals surface area contributed by atoms with Crippen LogP contribution in [0.15, 0.2) is 36.5 Å². The minimum atomic E-state index is -4.60. The number of amides is 1. The van der Waals surface area contributed by atoms with E-state index >= 15 is 0 Å². The molecule has 0 bridgehead atoms. The molecule has 1 amide bonds. The molecule has 0 heterocycles. The van der Waals surface area contributed by atoms with Crippen LogP contribution in [0.25, 0.3) is 0 Å². The van der Waals surface area contributed by atoms with Crippen molar-refractivity contribution in [2.24, 2.45) is 0 Å². The lowest BCUT2D eigenvalue weighted by Gasteiger charge is -2.29. The largest absolute Gasteiger partial charge is 0.756 e. The zero-order chi connectivity index (χ0) is 41.4. The molecule has 0 spiro atoms. The van der Waals surface area contributed by atoms with Gasteiger partial charge in [0.15, 0.2) is 0 Å². The number of carbonyl (C=O) groups is 1. The van der Waals surface area contributed by atoms with Gasteiger partial charge in [-0.25, -0.2) is 0 Å². The fourth-order valence-electron chi connectivity index (χ4n) is 6.57. The van der Waals surface area contributed by atoms with Crippen molar-refractivity contribution in [1.29, 1.82) is 0 Å². The second-order valence-electron chi connectivity index (χ2n) is 17.1. The Morgan fingerprint density at radius 2 is 1.00 bits per heavy atom. The van der Waals surface area contributed by atoms with Gasteiger partial charge in [-0.2, -0.15) is 0 Å². The molecule has 3 atom stereocenters. The Kier molecular flexibility index (Phi) is 38.3. The van der Waals surface area contributed by atoms with Crippen molar-refractivity contribution in [2.45, 2.75) is 219 Å². The summed E-state index contributed by atoms with van der Waals surface area (Å²) >= 11 is 0. The lowest BCUT2D eigenvalue weighted by atomic mass is 10.0. The van der Waals surface area contributed by atoms with Crippen molar-refractivity contribution >= 4 is 13.7 Å². The number of hydrogen-bond donors (Lipinski definition) is 2. The SMILES string of the molecule is CCCCC/C=C\CCCCCCCC(=O)NC(COP(=O)([O-])OCC[N+](C)(C)C)C(O)/C=C/CC/C=C/CCCCCCCCCCCCCCCCCC. The molecule has 0 aromatic heterocycles. The fourth-order valence-corrected chi connectivity index (χ4v) is 7.30. The van der Waals surface area contributed by atoms with Crippen molar-refractivity contribution < 1.29 is 32.9 Å². The second-order valence-corrected chi connectivity index (χ2v) is 18.5.